The van der Waals surface area contributed by atoms with Gasteiger partial charge < -0.3 is 14.2 Å². The molecule has 0 saturated heterocycles. The van der Waals surface area contributed by atoms with Crippen LogP contribution in [0.2, 0.25) is 5.02 Å². The van der Waals surface area contributed by atoms with Crippen LogP contribution in [0.25, 0.3) is 0 Å². The lowest BCUT2D eigenvalue weighted by Gasteiger charge is -2.25. The van der Waals surface area contributed by atoms with Crippen LogP contribution in [0.15, 0.2) is 42.5 Å². The number of benzene rings is 2. The van der Waals surface area contributed by atoms with E-state index < -0.39 is 17.9 Å². The second-order valence-electron chi connectivity index (χ2n) is 6.61. The van der Waals surface area contributed by atoms with Crippen LogP contribution in [0, 0.1) is 5.92 Å². The molecule has 29 heavy (non-hydrogen) atoms. The van der Waals surface area contributed by atoms with Crippen LogP contribution in [-0.2, 0) is 16.0 Å². The molecule has 7 nitrogen and oxygen atoms in total. The van der Waals surface area contributed by atoms with Crippen LogP contribution in [-0.4, -0.2) is 31.1 Å². The number of halogens is 1. The Labute approximate surface area is 174 Å². The Balaban J connectivity index is 1.47. The fourth-order valence-electron chi connectivity index (χ4n) is 2.90. The van der Waals surface area contributed by atoms with Crippen LogP contribution in [0.4, 0.5) is 0 Å². The highest BCUT2D eigenvalue weighted by Crippen LogP contribution is 2.29. The Kier molecular flexibility index (Phi) is 6.82. The quantitative estimate of drug-likeness (QED) is 0.704. The minimum Gasteiger partial charge on any atom is -0.494 e. The third-order valence-corrected chi connectivity index (χ3v) is 4.66. The van der Waals surface area contributed by atoms with Crippen molar-refractivity contribution in [2.45, 2.75) is 26.4 Å². The third kappa shape index (κ3) is 5.54. The fraction of sp³-hybridized carbons (Fsp3) is 0.333. The minimum absolute atomic E-state index is 0.231. The Morgan fingerprint density at radius 3 is 2.62 bits per heavy atom. The summed E-state index contributed by atoms with van der Waals surface area (Å²) in [6.45, 7) is 4.30. The van der Waals surface area contributed by atoms with Gasteiger partial charge in [0.15, 0.2) is 6.10 Å². The molecule has 0 radical (unpaired) electrons. The first-order valence-corrected chi connectivity index (χ1v) is 9.74. The predicted octanol–water partition coefficient (Wildman–Crippen LogP) is 2.90. The van der Waals surface area contributed by atoms with Gasteiger partial charge in [-0.1, -0.05) is 11.6 Å². The second-order valence-corrected chi connectivity index (χ2v) is 7.04. The molecule has 154 valence electrons. The summed E-state index contributed by atoms with van der Waals surface area (Å²) in [6, 6.07) is 12.3. The second kappa shape index (κ2) is 9.52. The Hall–Kier alpha value is -2.93. The van der Waals surface area contributed by atoms with E-state index in [0.717, 1.165) is 17.1 Å². The van der Waals surface area contributed by atoms with Crippen LogP contribution >= 0.6 is 11.6 Å². The number of hydrogen-bond acceptors (Lipinski definition) is 5. The van der Waals surface area contributed by atoms with Crippen molar-refractivity contribution in [2.24, 2.45) is 5.92 Å². The van der Waals surface area contributed by atoms with E-state index >= 15 is 0 Å². The number of rotatable bonds is 6. The summed E-state index contributed by atoms with van der Waals surface area (Å²) in [7, 11) is 0. The largest absolute Gasteiger partial charge is 0.494 e. The number of ether oxygens (including phenoxy) is 3. The van der Waals surface area contributed by atoms with Gasteiger partial charge in [0.25, 0.3) is 5.91 Å². The SMILES string of the molecule is CCOc1ccc(O[C@@H](C)C(=O)NNC(=O)[C@@H]2COc3ccc(Cl)cc3C2)cc1. The molecule has 0 spiro atoms. The zero-order valence-electron chi connectivity index (χ0n) is 16.2. The number of amides is 2. The maximum absolute atomic E-state index is 12.4. The lowest BCUT2D eigenvalue weighted by atomic mass is 9.96. The van der Waals surface area contributed by atoms with Crippen molar-refractivity contribution < 1.29 is 23.8 Å². The van der Waals surface area contributed by atoms with Crippen molar-refractivity contribution >= 4 is 23.4 Å². The Bertz CT molecular complexity index is 872. The molecule has 2 amide bonds. The first-order chi connectivity index (χ1) is 14.0. The monoisotopic (exact) mass is 418 g/mol. The zero-order chi connectivity index (χ0) is 20.8. The fourth-order valence-corrected chi connectivity index (χ4v) is 3.09. The van der Waals surface area contributed by atoms with E-state index in [-0.39, 0.29) is 12.5 Å². The molecule has 2 aromatic carbocycles. The molecular weight excluding hydrogens is 396 g/mol. The Morgan fingerprint density at radius 1 is 1.17 bits per heavy atom. The third-order valence-electron chi connectivity index (χ3n) is 4.43. The zero-order valence-corrected chi connectivity index (χ0v) is 17.0. The van der Waals surface area contributed by atoms with Gasteiger partial charge in [-0.25, -0.2) is 0 Å². The predicted molar refractivity (Wildman–Crippen MR) is 108 cm³/mol. The van der Waals surface area contributed by atoms with E-state index in [0.29, 0.717) is 23.8 Å². The van der Waals surface area contributed by atoms with Crippen LogP contribution in [0.5, 0.6) is 17.2 Å². The van der Waals surface area contributed by atoms with Gasteiger partial charge >= 0.3 is 0 Å². The first-order valence-electron chi connectivity index (χ1n) is 9.36. The lowest BCUT2D eigenvalue weighted by Crippen LogP contribution is -2.50. The van der Waals surface area contributed by atoms with Gasteiger partial charge in [0.1, 0.15) is 23.9 Å². The van der Waals surface area contributed by atoms with Crippen molar-refractivity contribution in [3.05, 3.63) is 53.1 Å². The van der Waals surface area contributed by atoms with Gasteiger partial charge in [-0.2, -0.15) is 0 Å². The summed E-state index contributed by atoms with van der Waals surface area (Å²) in [6.07, 6.45) is -0.314. The number of hydrazine groups is 1. The van der Waals surface area contributed by atoms with Gasteiger partial charge in [-0.15, -0.1) is 0 Å². The summed E-state index contributed by atoms with van der Waals surface area (Å²) >= 11 is 6.00. The molecular formula is C21H23ClN2O5. The summed E-state index contributed by atoms with van der Waals surface area (Å²) in [5.74, 6) is 0.742. The molecule has 0 aliphatic carbocycles. The number of hydrogen-bond donors (Lipinski definition) is 2. The van der Waals surface area contributed by atoms with Crippen LogP contribution in [0.3, 0.4) is 0 Å². The highest BCUT2D eigenvalue weighted by atomic mass is 35.5. The molecule has 8 heteroatoms. The van der Waals surface area contributed by atoms with E-state index in [1.54, 1.807) is 49.4 Å². The number of carbonyl (C=O) groups is 2. The first kappa shape index (κ1) is 20.8. The summed E-state index contributed by atoms with van der Waals surface area (Å²) in [5, 5.41) is 0.585. The molecule has 1 heterocycles. The average Bonchev–Trinajstić information content (AvgIpc) is 2.72. The van der Waals surface area contributed by atoms with Gasteiger partial charge in [-0.3, -0.25) is 20.4 Å². The van der Waals surface area contributed by atoms with E-state index in [4.69, 9.17) is 25.8 Å². The van der Waals surface area contributed by atoms with Gasteiger partial charge in [0.05, 0.1) is 12.5 Å². The topological polar surface area (TPSA) is 85.9 Å². The van der Waals surface area contributed by atoms with Crippen molar-refractivity contribution in [3.63, 3.8) is 0 Å². The van der Waals surface area contributed by atoms with E-state index in [2.05, 4.69) is 10.9 Å². The van der Waals surface area contributed by atoms with Gasteiger partial charge in [0.2, 0.25) is 5.91 Å². The maximum atomic E-state index is 12.4. The summed E-state index contributed by atoms with van der Waals surface area (Å²) in [4.78, 5) is 24.6. The van der Waals surface area contributed by atoms with Crippen molar-refractivity contribution in [3.8, 4) is 17.2 Å². The normalized spacial score (nSPS) is 16.0. The van der Waals surface area contributed by atoms with E-state index in [9.17, 15) is 9.59 Å². The molecule has 1 aliphatic heterocycles. The summed E-state index contributed by atoms with van der Waals surface area (Å²) in [5.41, 5.74) is 5.70. The molecule has 0 unspecified atom stereocenters. The number of fused-ring (bicyclic) bond motifs is 1. The lowest BCUT2D eigenvalue weighted by molar-refractivity contribution is -0.134. The number of nitrogens with one attached hydrogen (secondary N) is 2. The highest BCUT2D eigenvalue weighted by molar-refractivity contribution is 6.30. The molecule has 0 aromatic heterocycles. The highest BCUT2D eigenvalue weighted by Gasteiger charge is 2.27. The van der Waals surface area contributed by atoms with Gasteiger partial charge in [-0.05, 0) is 68.3 Å². The number of carbonyl (C=O) groups excluding carboxylic acids is 2. The van der Waals surface area contributed by atoms with E-state index in [1.807, 2.05) is 6.92 Å². The van der Waals surface area contributed by atoms with E-state index in [1.165, 1.54) is 0 Å². The smallest absolute Gasteiger partial charge is 0.279 e. The van der Waals surface area contributed by atoms with Crippen molar-refractivity contribution in [2.75, 3.05) is 13.2 Å². The van der Waals surface area contributed by atoms with Gasteiger partial charge in [0, 0.05) is 5.02 Å². The molecule has 0 fully saturated rings. The summed E-state index contributed by atoms with van der Waals surface area (Å²) < 4.78 is 16.6. The molecule has 2 atom stereocenters. The molecule has 3 rings (SSSR count). The standard InChI is InChI=1S/C21H23ClN2O5/c1-3-27-17-5-7-18(8-6-17)29-13(2)20(25)23-24-21(26)15-10-14-11-16(22)4-9-19(14)28-12-15/h4-9,11,13,15H,3,10,12H2,1-2H3,(H,23,25)(H,24,26)/t13-,15-/m0/s1. The average molecular weight is 419 g/mol. The maximum Gasteiger partial charge on any atom is 0.279 e. The van der Waals surface area contributed by atoms with Crippen LogP contribution in [0.1, 0.15) is 19.4 Å². The van der Waals surface area contributed by atoms with Crippen LogP contribution < -0.4 is 25.1 Å². The Morgan fingerprint density at radius 2 is 1.90 bits per heavy atom. The molecule has 1 aliphatic rings. The molecule has 0 saturated carbocycles. The van der Waals surface area contributed by atoms with Crippen molar-refractivity contribution in [1.29, 1.82) is 0 Å². The molecule has 2 N–H and O–H groups in total. The molecule has 2 aromatic rings. The minimum atomic E-state index is -0.796. The van der Waals surface area contributed by atoms with Crippen molar-refractivity contribution in [1.82, 2.24) is 10.9 Å². The molecule has 0 bridgehead atoms.